The molecule has 17 heavy (non-hydrogen) atoms. The quantitative estimate of drug-likeness (QED) is 0.931. The zero-order valence-corrected chi connectivity index (χ0v) is 11.6. The Labute approximate surface area is 111 Å². The third-order valence-corrected chi connectivity index (χ3v) is 3.76. The van der Waals surface area contributed by atoms with Gasteiger partial charge in [0.05, 0.1) is 25.0 Å². The highest BCUT2D eigenvalue weighted by Crippen LogP contribution is 2.29. The van der Waals surface area contributed by atoms with Gasteiger partial charge in [0.2, 0.25) is 0 Å². The Balaban J connectivity index is 2.16. The van der Waals surface area contributed by atoms with Crippen LogP contribution in [-0.4, -0.2) is 30.9 Å². The minimum Gasteiger partial charge on any atom is -0.392 e. The van der Waals surface area contributed by atoms with Crippen LogP contribution in [0.3, 0.4) is 0 Å². The highest BCUT2D eigenvalue weighted by molar-refractivity contribution is 9.10. The number of morpholine rings is 1. The molecule has 1 heterocycles. The second-order valence-corrected chi connectivity index (χ2v) is 5.15. The van der Waals surface area contributed by atoms with Gasteiger partial charge >= 0.3 is 0 Å². The van der Waals surface area contributed by atoms with Crippen LogP contribution in [0.1, 0.15) is 18.9 Å². The number of rotatable bonds is 3. The minimum atomic E-state index is 0.0829. The van der Waals surface area contributed by atoms with E-state index < -0.39 is 0 Å². The first-order valence-corrected chi connectivity index (χ1v) is 6.79. The Morgan fingerprint density at radius 3 is 3.00 bits per heavy atom. The van der Waals surface area contributed by atoms with Gasteiger partial charge in [-0.05, 0) is 40.0 Å². The Morgan fingerprint density at radius 1 is 1.53 bits per heavy atom. The van der Waals surface area contributed by atoms with Crippen LogP contribution in [-0.2, 0) is 11.3 Å². The van der Waals surface area contributed by atoms with Gasteiger partial charge in [-0.15, -0.1) is 0 Å². The highest BCUT2D eigenvalue weighted by atomic mass is 79.9. The molecule has 1 unspecified atom stereocenters. The molecule has 0 bridgehead atoms. The second-order valence-electron chi connectivity index (χ2n) is 4.29. The molecule has 0 saturated carbocycles. The molecule has 2 rings (SSSR count). The third-order valence-electron chi connectivity index (χ3n) is 3.13. The average molecular weight is 300 g/mol. The van der Waals surface area contributed by atoms with Crippen molar-refractivity contribution in [2.75, 3.05) is 24.6 Å². The predicted octanol–water partition coefficient (Wildman–Crippen LogP) is 2.56. The van der Waals surface area contributed by atoms with Gasteiger partial charge in [0.1, 0.15) is 0 Å². The molecular weight excluding hydrogens is 282 g/mol. The van der Waals surface area contributed by atoms with Crippen molar-refractivity contribution in [2.24, 2.45) is 0 Å². The molecule has 0 spiro atoms. The first-order valence-electron chi connectivity index (χ1n) is 6.00. The Kier molecular flexibility index (Phi) is 4.42. The van der Waals surface area contributed by atoms with Crippen molar-refractivity contribution >= 4 is 21.6 Å². The van der Waals surface area contributed by atoms with Crippen LogP contribution in [0.25, 0.3) is 0 Å². The molecule has 1 aromatic rings. The molecule has 0 radical (unpaired) electrons. The molecule has 1 aromatic carbocycles. The van der Waals surface area contributed by atoms with Crippen molar-refractivity contribution in [1.29, 1.82) is 0 Å². The summed E-state index contributed by atoms with van der Waals surface area (Å²) in [5.74, 6) is 0. The zero-order chi connectivity index (χ0) is 12.3. The summed E-state index contributed by atoms with van der Waals surface area (Å²) in [5, 5.41) is 9.09. The zero-order valence-electron chi connectivity index (χ0n) is 10.0. The minimum absolute atomic E-state index is 0.0829. The predicted molar refractivity (Wildman–Crippen MR) is 72.3 cm³/mol. The van der Waals surface area contributed by atoms with E-state index >= 15 is 0 Å². The van der Waals surface area contributed by atoms with E-state index in [-0.39, 0.29) is 6.61 Å². The monoisotopic (exact) mass is 299 g/mol. The molecule has 1 saturated heterocycles. The number of ether oxygens (including phenoxy) is 1. The molecule has 1 fully saturated rings. The van der Waals surface area contributed by atoms with Gasteiger partial charge in [0.15, 0.2) is 0 Å². The molecule has 1 aliphatic heterocycles. The largest absolute Gasteiger partial charge is 0.392 e. The molecule has 0 amide bonds. The van der Waals surface area contributed by atoms with Crippen molar-refractivity contribution in [3.05, 3.63) is 28.2 Å². The molecule has 1 aliphatic rings. The molecule has 3 nitrogen and oxygen atoms in total. The van der Waals surface area contributed by atoms with E-state index in [1.54, 1.807) is 0 Å². The lowest BCUT2D eigenvalue weighted by Crippen LogP contribution is -2.42. The summed E-state index contributed by atoms with van der Waals surface area (Å²) in [7, 11) is 0. The van der Waals surface area contributed by atoms with Crippen molar-refractivity contribution in [3.63, 3.8) is 0 Å². The number of halogens is 1. The summed E-state index contributed by atoms with van der Waals surface area (Å²) < 4.78 is 6.71. The average Bonchev–Trinajstić information content (AvgIpc) is 2.38. The fourth-order valence-corrected chi connectivity index (χ4v) is 2.77. The van der Waals surface area contributed by atoms with Crippen LogP contribution in [0, 0.1) is 0 Å². The molecule has 94 valence electrons. The summed E-state index contributed by atoms with van der Waals surface area (Å²) in [6.07, 6.45) is 1.37. The molecular formula is C13H18BrNO2. The first kappa shape index (κ1) is 12.9. The maximum atomic E-state index is 9.09. The summed E-state index contributed by atoms with van der Waals surface area (Å²) in [6.45, 7) is 4.88. The fraction of sp³-hybridized carbons (Fsp3) is 0.538. The van der Waals surface area contributed by atoms with Gasteiger partial charge in [-0.1, -0.05) is 13.0 Å². The second kappa shape index (κ2) is 5.85. The van der Waals surface area contributed by atoms with Crippen molar-refractivity contribution < 1.29 is 9.84 Å². The maximum absolute atomic E-state index is 9.09. The number of nitrogens with zero attached hydrogens (tertiary/aromatic N) is 1. The van der Waals surface area contributed by atoms with E-state index in [2.05, 4.69) is 33.8 Å². The molecule has 0 aromatic heterocycles. The third kappa shape index (κ3) is 3.00. The Morgan fingerprint density at radius 2 is 2.35 bits per heavy atom. The molecule has 1 atom stereocenters. The van der Waals surface area contributed by atoms with E-state index in [0.717, 1.165) is 36.2 Å². The van der Waals surface area contributed by atoms with Gasteiger partial charge < -0.3 is 14.7 Å². The normalized spacial score (nSPS) is 20.6. The number of benzene rings is 1. The smallest absolute Gasteiger partial charge is 0.0748 e. The summed E-state index contributed by atoms with van der Waals surface area (Å²) in [5.41, 5.74) is 2.12. The van der Waals surface area contributed by atoms with Crippen LogP contribution in [0.15, 0.2) is 22.7 Å². The number of aliphatic hydroxyl groups excluding tert-OH is 1. The van der Waals surface area contributed by atoms with Crippen molar-refractivity contribution in [2.45, 2.75) is 26.1 Å². The van der Waals surface area contributed by atoms with Crippen LogP contribution in [0.5, 0.6) is 0 Å². The van der Waals surface area contributed by atoms with E-state index in [4.69, 9.17) is 9.84 Å². The van der Waals surface area contributed by atoms with E-state index in [1.807, 2.05) is 12.1 Å². The van der Waals surface area contributed by atoms with E-state index in [9.17, 15) is 0 Å². The van der Waals surface area contributed by atoms with E-state index in [0.29, 0.717) is 6.10 Å². The standard InChI is InChI=1S/C13H18BrNO2/c1-2-11-8-15(5-6-17-11)13-4-3-10(9-16)7-12(13)14/h3-4,7,11,16H,2,5-6,8-9H2,1H3. The SMILES string of the molecule is CCC1CN(c2ccc(CO)cc2Br)CCO1. The van der Waals surface area contributed by atoms with Crippen molar-refractivity contribution in [3.8, 4) is 0 Å². The summed E-state index contributed by atoms with van der Waals surface area (Å²) in [4.78, 5) is 2.34. The summed E-state index contributed by atoms with van der Waals surface area (Å²) in [6, 6.07) is 6.01. The van der Waals surface area contributed by atoms with Gasteiger partial charge in [0.25, 0.3) is 0 Å². The topological polar surface area (TPSA) is 32.7 Å². The molecule has 0 aliphatic carbocycles. The highest BCUT2D eigenvalue weighted by Gasteiger charge is 2.20. The number of anilines is 1. The lowest BCUT2D eigenvalue weighted by Gasteiger charge is -2.34. The number of hydrogen-bond acceptors (Lipinski definition) is 3. The van der Waals surface area contributed by atoms with Gasteiger partial charge in [-0.3, -0.25) is 0 Å². The van der Waals surface area contributed by atoms with Gasteiger partial charge in [0, 0.05) is 17.6 Å². The number of hydrogen-bond donors (Lipinski definition) is 1. The first-order chi connectivity index (χ1) is 8.24. The number of aliphatic hydroxyl groups is 1. The van der Waals surface area contributed by atoms with Crippen LogP contribution in [0.2, 0.25) is 0 Å². The Hall–Kier alpha value is -0.580. The van der Waals surface area contributed by atoms with E-state index in [1.165, 1.54) is 5.69 Å². The molecule has 1 N–H and O–H groups in total. The van der Waals surface area contributed by atoms with Crippen molar-refractivity contribution in [1.82, 2.24) is 0 Å². The fourth-order valence-electron chi connectivity index (χ4n) is 2.09. The summed E-state index contributed by atoms with van der Waals surface area (Å²) >= 11 is 3.57. The van der Waals surface area contributed by atoms with Crippen LogP contribution >= 0.6 is 15.9 Å². The molecule has 4 heteroatoms. The van der Waals surface area contributed by atoms with Crippen LogP contribution in [0.4, 0.5) is 5.69 Å². The maximum Gasteiger partial charge on any atom is 0.0748 e. The van der Waals surface area contributed by atoms with Gasteiger partial charge in [-0.25, -0.2) is 0 Å². The lowest BCUT2D eigenvalue weighted by molar-refractivity contribution is 0.0384. The lowest BCUT2D eigenvalue weighted by atomic mass is 10.1. The Bertz CT molecular complexity index is 384. The van der Waals surface area contributed by atoms with Gasteiger partial charge in [-0.2, -0.15) is 0 Å². The van der Waals surface area contributed by atoms with Crippen LogP contribution < -0.4 is 4.90 Å².